The van der Waals surface area contributed by atoms with Crippen molar-refractivity contribution < 1.29 is 4.74 Å². The summed E-state index contributed by atoms with van der Waals surface area (Å²) in [6.07, 6.45) is 8.72. The van der Waals surface area contributed by atoms with Gasteiger partial charge in [-0.3, -0.25) is 4.90 Å². The molecule has 3 rings (SSSR count). The molecule has 3 fully saturated rings. The smallest absolute Gasteiger partial charge is 0.0604 e. The summed E-state index contributed by atoms with van der Waals surface area (Å²) in [5, 5.41) is 3.64. The van der Waals surface area contributed by atoms with Gasteiger partial charge in [0, 0.05) is 31.3 Å². The Morgan fingerprint density at radius 3 is 2.59 bits per heavy atom. The first-order chi connectivity index (χ1) is 8.36. The van der Waals surface area contributed by atoms with Crippen molar-refractivity contribution in [1.82, 2.24) is 10.2 Å². The number of rotatable bonds is 6. The van der Waals surface area contributed by atoms with E-state index in [1.807, 2.05) is 0 Å². The van der Waals surface area contributed by atoms with Crippen LogP contribution in [0, 0.1) is 0 Å². The minimum absolute atomic E-state index is 0.558. The number of ether oxygens (including phenoxy) is 1. The second kappa shape index (κ2) is 5.25. The summed E-state index contributed by atoms with van der Waals surface area (Å²) in [4.78, 5) is 2.79. The van der Waals surface area contributed by atoms with Gasteiger partial charge < -0.3 is 10.1 Å². The minimum atomic E-state index is 0.558. The quantitative estimate of drug-likeness (QED) is 0.763. The van der Waals surface area contributed by atoms with Gasteiger partial charge in [-0.15, -0.1) is 0 Å². The molecule has 3 aliphatic rings. The van der Waals surface area contributed by atoms with Crippen molar-refractivity contribution in [3.63, 3.8) is 0 Å². The van der Waals surface area contributed by atoms with Gasteiger partial charge in [-0.05, 0) is 52.0 Å². The van der Waals surface area contributed by atoms with Crippen LogP contribution in [-0.2, 0) is 4.74 Å². The first-order valence-electron chi connectivity index (χ1n) is 7.47. The molecule has 0 aromatic carbocycles. The van der Waals surface area contributed by atoms with Crippen LogP contribution in [0.25, 0.3) is 0 Å². The summed E-state index contributed by atoms with van der Waals surface area (Å²) >= 11 is 0. The van der Waals surface area contributed by atoms with Gasteiger partial charge in [-0.1, -0.05) is 0 Å². The van der Waals surface area contributed by atoms with Gasteiger partial charge in [-0.2, -0.15) is 0 Å². The van der Waals surface area contributed by atoms with Gasteiger partial charge in [0.2, 0.25) is 0 Å². The lowest BCUT2D eigenvalue weighted by atomic mass is 9.87. The molecule has 17 heavy (non-hydrogen) atoms. The summed E-state index contributed by atoms with van der Waals surface area (Å²) in [5.74, 6) is 0. The summed E-state index contributed by atoms with van der Waals surface area (Å²) in [6.45, 7) is 5.50. The molecule has 0 aromatic rings. The van der Waals surface area contributed by atoms with Crippen LogP contribution >= 0.6 is 0 Å². The van der Waals surface area contributed by atoms with E-state index in [2.05, 4.69) is 17.1 Å². The van der Waals surface area contributed by atoms with Gasteiger partial charge in [0.05, 0.1) is 6.10 Å². The molecule has 0 spiro atoms. The molecule has 0 aromatic heterocycles. The summed E-state index contributed by atoms with van der Waals surface area (Å²) in [5.41, 5.74) is 0. The van der Waals surface area contributed by atoms with Crippen LogP contribution in [0.2, 0.25) is 0 Å². The highest BCUT2D eigenvalue weighted by Gasteiger charge is 2.41. The molecule has 1 N–H and O–H groups in total. The molecular formula is C14H26N2O. The normalized spacial score (nSPS) is 37.4. The van der Waals surface area contributed by atoms with Gasteiger partial charge in [0.1, 0.15) is 0 Å². The average Bonchev–Trinajstić information content (AvgIpc) is 2.99. The lowest BCUT2D eigenvalue weighted by molar-refractivity contribution is -0.0503. The highest BCUT2D eigenvalue weighted by atomic mass is 16.5. The van der Waals surface area contributed by atoms with E-state index in [-0.39, 0.29) is 0 Å². The maximum absolute atomic E-state index is 5.69. The fourth-order valence-corrected chi connectivity index (χ4v) is 3.35. The maximum atomic E-state index is 5.69. The van der Waals surface area contributed by atoms with E-state index in [4.69, 9.17) is 4.74 Å². The maximum Gasteiger partial charge on any atom is 0.0604 e. The van der Waals surface area contributed by atoms with E-state index in [1.54, 1.807) is 0 Å². The van der Waals surface area contributed by atoms with Crippen LogP contribution in [0.4, 0.5) is 0 Å². The zero-order chi connectivity index (χ0) is 11.7. The highest BCUT2D eigenvalue weighted by molar-refractivity contribution is 4.97. The lowest BCUT2D eigenvalue weighted by Crippen LogP contribution is -2.52. The summed E-state index contributed by atoms with van der Waals surface area (Å²) < 4.78 is 5.69. The molecule has 1 aliphatic heterocycles. The first-order valence-corrected chi connectivity index (χ1v) is 7.47. The highest BCUT2D eigenvalue weighted by Crippen LogP contribution is 2.37. The summed E-state index contributed by atoms with van der Waals surface area (Å²) in [7, 11) is 0. The number of nitrogens with zero attached hydrogens (tertiary/aromatic N) is 1. The van der Waals surface area contributed by atoms with E-state index in [0.717, 1.165) is 24.7 Å². The molecule has 2 saturated carbocycles. The molecule has 3 nitrogen and oxygen atoms in total. The lowest BCUT2D eigenvalue weighted by Gasteiger charge is -2.43. The van der Waals surface area contributed by atoms with Crippen molar-refractivity contribution in [2.24, 2.45) is 0 Å². The topological polar surface area (TPSA) is 24.5 Å². The van der Waals surface area contributed by atoms with Crippen LogP contribution in [-0.4, -0.2) is 48.8 Å². The van der Waals surface area contributed by atoms with E-state index in [0.29, 0.717) is 6.10 Å². The van der Waals surface area contributed by atoms with Crippen molar-refractivity contribution in [1.29, 1.82) is 0 Å². The molecule has 1 saturated heterocycles. The zero-order valence-electron chi connectivity index (χ0n) is 11.0. The molecular weight excluding hydrogens is 212 g/mol. The third-order valence-corrected chi connectivity index (χ3v) is 4.55. The molecule has 0 radical (unpaired) electrons. The number of hydrogen-bond donors (Lipinski definition) is 1. The molecule has 1 heterocycles. The van der Waals surface area contributed by atoms with Crippen LogP contribution in [0.5, 0.6) is 0 Å². The number of hydrogen-bond acceptors (Lipinski definition) is 3. The fraction of sp³-hybridized carbons (Fsp3) is 1.00. The summed E-state index contributed by atoms with van der Waals surface area (Å²) in [6, 6.07) is 2.49. The Bertz CT molecular complexity index is 243. The van der Waals surface area contributed by atoms with Crippen LogP contribution in [0.15, 0.2) is 0 Å². The molecule has 1 atom stereocenters. The van der Waals surface area contributed by atoms with Crippen molar-refractivity contribution in [3.05, 3.63) is 0 Å². The van der Waals surface area contributed by atoms with Gasteiger partial charge in [-0.25, -0.2) is 0 Å². The Labute approximate surface area is 105 Å². The number of nitrogens with one attached hydrogen (secondary N) is 1. The predicted molar refractivity (Wildman–Crippen MR) is 69.2 cm³/mol. The van der Waals surface area contributed by atoms with Crippen LogP contribution in [0.3, 0.4) is 0 Å². The van der Waals surface area contributed by atoms with E-state index < -0.39 is 0 Å². The fourth-order valence-electron chi connectivity index (χ4n) is 3.35. The largest absolute Gasteiger partial charge is 0.378 e. The van der Waals surface area contributed by atoms with E-state index >= 15 is 0 Å². The van der Waals surface area contributed by atoms with Crippen molar-refractivity contribution in [2.45, 2.75) is 69.7 Å². The monoisotopic (exact) mass is 238 g/mol. The van der Waals surface area contributed by atoms with Crippen LogP contribution in [0.1, 0.15) is 45.4 Å². The average molecular weight is 238 g/mol. The van der Waals surface area contributed by atoms with Gasteiger partial charge in [0.25, 0.3) is 0 Å². The van der Waals surface area contributed by atoms with Crippen molar-refractivity contribution in [3.8, 4) is 0 Å². The van der Waals surface area contributed by atoms with E-state index in [9.17, 15) is 0 Å². The van der Waals surface area contributed by atoms with Crippen molar-refractivity contribution >= 4 is 0 Å². The predicted octanol–water partition coefficient (Wildman–Crippen LogP) is 1.77. The zero-order valence-corrected chi connectivity index (χ0v) is 11.0. The molecule has 0 amide bonds. The second-order valence-corrected chi connectivity index (χ2v) is 5.92. The standard InChI is InChI=1S/C14H26N2O/c1-2-17-14-8-13(9-14)16(12-5-6-12)10-11-4-3-7-15-11/h11-15H,2-10H2,1H3. The minimum Gasteiger partial charge on any atom is -0.378 e. The molecule has 98 valence electrons. The molecule has 3 heteroatoms. The molecule has 1 unspecified atom stereocenters. The van der Waals surface area contributed by atoms with Gasteiger partial charge in [0.15, 0.2) is 0 Å². The van der Waals surface area contributed by atoms with E-state index in [1.165, 1.54) is 51.6 Å². The third-order valence-electron chi connectivity index (χ3n) is 4.55. The Hall–Kier alpha value is -0.120. The first kappa shape index (κ1) is 11.9. The SMILES string of the molecule is CCOC1CC(N(CC2CCCN2)C2CC2)C1. The Balaban J connectivity index is 1.47. The van der Waals surface area contributed by atoms with Gasteiger partial charge >= 0.3 is 0 Å². The molecule has 2 aliphatic carbocycles. The van der Waals surface area contributed by atoms with Crippen molar-refractivity contribution in [2.75, 3.05) is 19.7 Å². The Kier molecular flexibility index (Phi) is 3.69. The second-order valence-electron chi connectivity index (χ2n) is 5.92. The molecule has 0 bridgehead atoms. The Morgan fingerprint density at radius 1 is 1.18 bits per heavy atom. The Morgan fingerprint density at radius 2 is 2.00 bits per heavy atom. The third kappa shape index (κ3) is 2.83. The van der Waals surface area contributed by atoms with Crippen LogP contribution < -0.4 is 5.32 Å².